The fourth-order valence-corrected chi connectivity index (χ4v) is 2.09. The molecule has 8 heteroatoms. The van der Waals surface area contributed by atoms with Gasteiger partial charge in [0.15, 0.2) is 5.96 Å². The number of benzene rings is 1. The second-order valence-electron chi connectivity index (χ2n) is 4.34. The van der Waals surface area contributed by atoms with Crippen molar-refractivity contribution in [3.8, 4) is 5.75 Å². The second kappa shape index (κ2) is 11.9. The minimum atomic E-state index is -2.84. The van der Waals surface area contributed by atoms with Gasteiger partial charge in [-0.25, -0.2) is 0 Å². The van der Waals surface area contributed by atoms with Crippen LogP contribution < -0.4 is 15.4 Å². The van der Waals surface area contributed by atoms with Crippen LogP contribution >= 0.6 is 39.9 Å². The number of alkyl halides is 2. The molecule has 0 fully saturated rings. The lowest BCUT2D eigenvalue weighted by atomic mass is 10.2. The van der Waals surface area contributed by atoms with E-state index in [0.29, 0.717) is 18.1 Å². The van der Waals surface area contributed by atoms with E-state index < -0.39 is 6.61 Å². The van der Waals surface area contributed by atoms with Gasteiger partial charge in [-0.3, -0.25) is 4.99 Å². The highest BCUT2D eigenvalue weighted by molar-refractivity contribution is 14.0. The molecule has 0 spiro atoms. The third kappa shape index (κ3) is 8.11. The van der Waals surface area contributed by atoms with Gasteiger partial charge in [-0.05, 0) is 24.6 Å². The Morgan fingerprint density at radius 2 is 2.09 bits per heavy atom. The topological polar surface area (TPSA) is 45.7 Å². The normalized spacial score (nSPS) is 11.1. The van der Waals surface area contributed by atoms with Gasteiger partial charge in [0.1, 0.15) is 5.75 Å². The molecule has 1 aromatic rings. The van der Waals surface area contributed by atoms with Gasteiger partial charge in [0.25, 0.3) is 0 Å². The van der Waals surface area contributed by atoms with Crippen LogP contribution in [0, 0.1) is 0 Å². The Morgan fingerprint density at radius 3 is 2.68 bits per heavy atom. The number of hydrogen-bond donors (Lipinski definition) is 2. The average molecular weight is 492 g/mol. The van der Waals surface area contributed by atoms with Crippen LogP contribution in [0.15, 0.2) is 27.7 Å². The molecule has 0 saturated carbocycles. The lowest BCUT2D eigenvalue weighted by molar-refractivity contribution is -0.0504. The third-order valence-corrected chi connectivity index (χ3v) is 3.22. The zero-order valence-corrected chi connectivity index (χ0v) is 16.5. The number of nitrogens with zero attached hydrogens (tertiary/aromatic N) is 1. The maximum Gasteiger partial charge on any atom is 0.387 e. The van der Waals surface area contributed by atoms with Gasteiger partial charge in [0.05, 0.1) is 0 Å². The summed E-state index contributed by atoms with van der Waals surface area (Å²) in [6.07, 6.45) is 2.12. The Labute approximate surface area is 155 Å². The Hall–Kier alpha value is -0.640. The monoisotopic (exact) mass is 491 g/mol. The fraction of sp³-hybridized carbons (Fsp3) is 0.500. The number of ether oxygens (including phenoxy) is 1. The molecule has 0 atom stereocenters. The largest absolute Gasteiger partial charge is 0.434 e. The summed E-state index contributed by atoms with van der Waals surface area (Å²) < 4.78 is 30.1. The summed E-state index contributed by atoms with van der Waals surface area (Å²) in [6.45, 7) is 0.419. The van der Waals surface area contributed by atoms with Crippen molar-refractivity contribution in [2.75, 3.05) is 13.6 Å². The maximum atomic E-state index is 12.4. The van der Waals surface area contributed by atoms with Gasteiger partial charge in [-0.1, -0.05) is 29.3 Å². The first-order valence-corrected chi connectivity index (χ1v) is 7.53. The van der Waals surface area contributed by atoms with Crippen molar-refractivity contribution in [2.45, 2.75) is 32.9 Å². The Bertz CT molecular complexity index is 475. The highest BCUT2D eigenvalue weighted by Gasteiger charge is 2.10. The number of guanidine groups is 1. The summed E-state index contributed by atoms with van der Waals surface area (Å²) in [6, 6.07) is 4.92. The van der Waals surface area contributed by atoms with Crippen LogP contribution in [0.2, 0.25) is 0 Å². The lowest BCUT2D eigenvalue weighted by Crippen LogP contribution is -2.37. The molecule has 0 aliphatic carbocycles. The zero-order chi connectivity index (χ0) is 15.7. The second-order valence-corrected chi connectivity index (χ2v) is 5.25. The van der Waals surface area contributed by atoms with Crippen molar-refractivity contribution in [1.82, 2.24) is 10.6 Å². The van der Waals surface area contributed by atoms with Crippen LogP contribution in [0.5, 0.6) is 5.75 Å². The molecule has 0 aromatic heterocycles. The first-order chi connectivity index (χ1) is 10.1. The van der Waals surface area contributed by atoms with E-state index in [0.717, 1.165) is 23.9 Å². The summed E-state index contributed by atoms with van der Waals surface area (Å²) in [5, 5.41) is 6.23. The zero-order valence-electron chi connectivity index (χ0n) is 12.5. The van der Waals surface area contributed by atoms with Crippen LogP contribution in [-0.2, 0) is 6.54 Å². The Kier molecular flexibility index (Phi) is 11.5. The molecular weight excluding hydrogens is 471 g/mol. The molecule has 22 heavy (non-hydrogen) atoms. The minimum absolute atomic E-state index is 0. The molecule has 126 valence electrons. The van der Waals surface area contributed by atoms with E-state index >= 15 is 0 Å². The van der Waals surface area contributed by atoms with Crippen molar-refractivity contribution in [2.24, 2.45) is 4.99 Å². The highest BCUT2D eigenvalue weighted by Crippen LogP contribution is 2.24. The first-order valence-electron chi connectivity index (χ1n) is 6.74. The molecule has 0 radical (unpaired) electrons. The smallest absolute Gasteiger partial charge is 0.387 e. The van der Waals surface area contributed by atoms with Crippen LogP contribution in [0.4, 0.5) is 8.78 Å². The van der Waals surface area contributed by atoms with Crippen LogP contribution in [0.3, 0.4) is 0 Å². The summed E-state index contributed by atoms with van der Waals surface area (Å²) in [4.78, 5) is 4.08. The molecule has 1 aromatic carbocycles. The third-order valence-electron chi connectivity index (χ3n) is 2.73. The van der Waals surface area contributed by atoms with Gasteiger partial charge in [0, 0.05) is 30.2 Å². The summed E-state index contributed by atoms with van der Waals surface area (Å²) in [7, 11) is 1.67. The van der Waals surface area contributed by atoms with Crippen LogP contribution in [0.1, 0.15) is 25.3 Å². The predicted molar refractivity (Wildman–Crippen MR) is 99.3 cm³/mol. The minimum Gasteiger partial charge on any atom is -0.434 e. The molecule has 0 amide bonds. The molecule has 0 aliphatic rings. The van der Waals surface area contributed by atoms with Gasteiger partial charge in [-0.15, -0.1) is 24.0 Å². The van der Waals surface area contributed by atoms with E-state index in [1.165, 1.54) is 6.07 Å². The number of rotatable bonds is 7. The molecule has 0 aliphatic heterocycles. The van der Waals surface area contributed by atoms with Crippen molar-refractivity contribution in [1.29, 1.82) is 0 Å². The molecule has 0 heterocycles. The molecular formula is C14H21BrF2IN3O. The molecule has 2 N–H and O–H groups in total. The quantitative estimate of drug-likeness (QED) is 0.261. The molecule has 4 nitrogen and oxygen atoms in total. The van der Waals surface area contributed by atoms with E-state index in [4.69, 9.17) is 0 Å². The number of nitrogens with one attached hydrogen (secondary N) is 2. The van der Waals surface area contributed by atoms with Crippen molar-refractivity contribution >= 4 is 45.9 Å². The number of halogens is 4. The van der Waals surface area contributed by atoms with Crippen LogP contribution in [0.25, 0.3) is 0 Å². The van der Waals surface area contributed by atoms with Crippen LogP contribution in [-0.4, -0.2) is 26.2 Å². The molecule has 0 bridgehead atoms. The van der Waals surface area contributed by atoms with E-state index in [-0.39, 0.29) is 29.7 Å². The van der Waals surface area contributed by atoms with Gasteiger partial charge in [0.2, 0.25) is 0 Å². The van der Waals surface area contributed by atoms with E-state index in [9.17, 15) is 8.78 Å². The number of hydrogen-bond acceptors (Lipinski definition) is 2. The number of aliphatic imine (C=N–C) groups is 1. The van der Waals surface area contributed by atoms with E-state index in [1.54, 1.807) is 19.2 Å². The van der Waals surface area contributed by atoms with Crippen molar-refractivity contribution < 1.29 is 13.5 Å². The predicted octanol–water partition coefficient (Wildman–Crippen LogP) is 4.13. The maximum absolute atomic E-state index is 12.4. The lowest BCUT2D eigenvalue weighted by Gasteiger charge is -2.14. The SMILES string of the molecule is CCCCNC(=NC)NCc1cc(Br)ccc1OC(F)F.I. The fourth-order valence-electron chi connectivity index (χ4n) is 1.68. The average Bonchev–Trinajstić information content (AvgIpc) is 2.44. The Balaban J connectivity index is 0.00000441. The van der Waals surface area contributed by atoms with Crippen molar-refractivity contribution in [3.63, 3.8) is 0 Å². The van der Waals surface area contributed by atoms with Crippen molar-refractivity contribution in [3.05, 3.63) is 28.2 Å². The summed E-state index contributed by atoms with van der Waals surface area (Å²) >= 11 is 3.32. The van der Waals surface area contributed by atoms with E-state index in [2.05, 4.69) is 43.2 Å². The summed E-state index contributed by atoms with van der Waals surface area (Å²) in [5.41, 5.74) is 0.628. The molecule has 0 saturated heterocycles. The highest BCUT2D eigenvalue weighted by atomic mass is 127. The number of unbranched alkanes of at least 4 members (excludes halogenated alkanes) is 1. The first kappa shape index (κ1) is 21.4. The van der Waals surface area contributed by atoms with E-state index in [1.807, 2.05) is 0 Å². The summed E-state index contributed by atoms with van der Waals surface area (Å²) in [5.74, 6) is 0.788. The standard InChI is InChI=1S/C14H20BrF2N3O.HI/c1-3-4-7-19-14(18-2)20-9-10-8-11(15)5-6-12(10)21-13(16)17;/h5-6,8,13H,3-4,7,9H2,1-2H3,(H2,18,19,20);1H. The van der Waals surface area contributed by atoms with Gasteiger partial charge in [-0.2, -0.15) is 8.78 Å². The van der Waals surface area contributed by atoms with Gasteiger partial charge < -0.3 is 15.4 Å². The Morgan fingerprint density at radius 1 is 1.36 bits per heavy atom. The molecule has 1 rings (SSSR count). The molecule has 0 unspecified atom stereocenters. The van der Waals surface area contributed by atoms with Gasteiger partial charge >= 0.3 is 6.61 Å².